The molecule has 0 aromatic heterocycles. The van der Waals surface area contributed by atoms with Crippen LogP contribution in [0.1, 0.15) is 87.1 Å². The molecule has 168 valence electrons. The first-order valence-corrected chi connectivity index (χ1v) is 14.4. The highest BCUT2D eigenvalue weighted by Crippen LogP contribution is 2.37. The number of carbonyl (C=O) groups excluding carboxylic acids is 1. The van der Waals surface area contributed by atoms with Crippen molar-refractivity contribution in [1.82, 2.24) is 0 Å². The first-order chi connectivity index (χ1) is 15.1. The monoisotopic (exact) mass is 438 g/mol. The van der Waals surface area contributed by atoms with Crippen molar-refractivity contribution in [2.75, 3.05) is 0 Å². The van der Waals surface area contributed by atoms with Crippen molar-refractivity contribution in [1.29, 1.82) is 0 Å². The third-order valence-corrected chi connectivity index (χ3v) is 7.94. The van der Waals surface area contributed by atoms with Crippen molar-refractivity contribution < 1.29 is 14.3 Å². The fraction of sp³-hybridized carbons (Fsp3) is 0.519. The van der Waals surface area contributed by atoms with Gasteiger partial charge in [-0.05, 0) is 86.4 Å². The molecular formula is C27H38O3Si. The van der Waals surface area contributed by atoms with E-state index in [-0.39, 0.29) is 15.5 Å². The number of benzene rings is 2. The molecular weight excluding hydrogens is 400 g/mol. The van der Waals surface area contributed by atoms with E-state index >= 15 is 0 Å². The topological polar surface area (TPSA) is 35.5 Å². The molecule has 0 radical (unpaired) electrons. The van der Waals surface area contributed by atoms with Crippen molar-refractivity contribution >= 4 is 15.5 Å². The van der Waals surface area contributed by atoms with Gasteiger partial charge in [-0.15, -0.1) is 0 Å². The number of rotatable bonds is 10. The molecule has 1 saturated carbocycles. The van der Waals surface area contributed by atoms with Crippen molar-refractivity contribution in [3.05, 3.63) is 59.7 Å². The van der Waals surface area contributed by atoms with Gasteiger partial charge in [0.2, 0.25) is 0 Å². The van der Waals surface area contributed by atoms with Crippen LogP contribution in [0.3, 0.4) is 0 Å². The van der Waals surface area contributed by atoms with Gasteiger partial charge in [-0.2, -0.15) is 0 Å². The number of ether oxygens (including phenoxy) is 2. The van der Waals surface area contributed by atoms with Gasteiger partial charge < -0.3 is 9.47 Å². The minimum absolute atomic E-state index is 0.195. The Balaban J connectivity index is 1.49. The van der Waals surface area contributed by atoms with Crippen LogP contribution in [0.5, 0.6) is 11.5 Å². The van der Waals surface area contributed by atoms with E-state index in [0.29, 0.717) is 23.0 Å². The molecule has 0 amide bonds. The molecule has 2 aromatic rings. The highest BCUT2D eigenvalue weighted by Gasteiger charge is 2.22. The molecule has 1 fully saturated rings. The van der Waals surface area contributed by atoms with Gasteiger partial charge >= 0.3 is 5.97 Å². The molecule has 0 N–H and O–H groups in total. The smallest absolute Gasteiger partial charge is 0.343 e. The summed E-state index contributed by atoms with van der Waals surface area (Å²) in [6.07, 6.45) is 10.7. The Kier molecular flexibility index (Phi) is 9.20. The zero-order valence-corrected chi connectivity index (χ0v) is 20.9. The SMILES string of the molecule is CCCCCC1CCC(c2ccc(C(=O)Oc3ccc(OC(C)[SiH2]C)cc3)cc2)CC1. The van der Waals surface area contributed by atoms with Crippen LogP contribution in [0.4, 0.5) is 0 Å². The maximum absolute atomic E-state index is 12.5. The van der Waals surface area contributed by atoms with Crippen LogP contribution < -0.4 is 9.47 Å². The van der Waals surface area contributed by atoms with E-state index in [4.69, 9.17) is 9.47 Å². The molecule has 3 rings (SSSR count). The van der Waals surface area contributed by atoms with Crippen molar-refractivity contribution in [2.45, 2.75) is 83.4 Å². The normalized spacial score (nSPS) is 20.0. The highest BCUT2D eigenvalue weighted by molar-refractivity contribution is 6.35. The summed E-state index contributed by atoms with van der Waals surface area (Å²) in [7, 11) is -0.195. The first-order valence-electron chi connectivity index (χ1n) is 12.2. The van der Waals surface area contributed by atoms with Crippen LogP contribution in [0, 0.1) is 5.92 Å². The van der Waals surface area contributed by atoms with E-state index < -0.39 is 0 Å². The standard InChI is InChI=1S/C27H38O3Si/c1-4-5-6-7-21-8-10-22(11-9-21)23-12-14-24(15-13-23)27(28)30-26-18-16-25(17-19-26)29-20(2)31-3/h12-22H,4-11,31H2,1-3H3. The van der Waals surface area contributed by atoms with E-state index in [1.54, 1.807) is 12.1 Å². The molecule has 1 unspecified atom stereocenters. The molecule has 4 heteroatoms. The van der Waals surface area contributed by atoms with Crippen LogP contribution >= 0.6 is 0 Å². The molecule has 2 aromatic carbocycles. The summed E-state index contributed by atoms with van der Waals surface area (Å²) in [5.41, 5.74) is 2.27. The van der Waals surface area contributed by atoms with E-state index in [1.807, 2.05) is 24.3 Å². The second kappa shape index (κ2) is 12.1. The molecule has 0 bridgehead atoms. The third kappa shape index (κ3) is 7.24. The summed E-state index contributed by atoms with van der Waals surface area (Å²) in [4.78, 5) is 12.5. The van der Waals surface area contributed by atoms with Gasteiger partial charge in [0, 0.05) is 0 Å². The van der Waals surface area contributed by atoms with Gasteiger partial charge in [0.05, 0.1) is 20.8 Å². The van der Waals surface area contributed by atoms with E-state index in [1.165, 1.54) is 56.9 Å². The molecule has 0 spiro atoms. The Morgan fingerprint density at radius 3 is 2.23 bits per heavy atom. The molecule has 31 heavy (non-hydrogen) atoms. The quantitative estimate of drug-likeness (QED) is 0.179. The molecule has 1 aliphatic rings. The Hall–Kier alpha value is -2.07. The maximum Gasteiger partial charge on any atom is 0.343 e. The van der Waals surface area contributed by atoms with E-state index in [9.17, 15) is 4.79 Å². The summed E-state index contributed by atoms with van der Waals surface area (Å²) in [6, 6.07) is 15.4. The van der Waals surface area contributed by atoms with Crippen molar-refractivity contribution in [3.63, 3.8) is 0 Å². The summed E-state index contributed by atoms with van der Waals surface area (Å²) in [5.74, 6) is 2.61. The summed E-state index contributed by atoms with van der Waals surface area (Å²) in [5, 5.41) is 0. The van der Waals surface area contributed by atoms with Gasteiger partial charge in [-0.25, -0.2) is 4.79 Å². The number of carbonyl (C=O) groups is 1. The zero-order chi connectivity index (χ0) is 22.1. The van der Waals surface area contributed by atoms with Crippen LogP contribution in [-0.4, -0.2) is 21.2 Å². The Labute approximate surface area is 190 Å². The first kappa shape index (κ1) is 23.6. The molecule has 3 nitrogen and oxygen atoms in total. The van der Waals surface area contributed by atoms with Crippen LogP contribution in [0.25, 0.3) is 0 Å². The summed E-state index contributed by atoms with van der Waals surface area (Å²) < 4.78 is 11.4. The van der Waals surface area contributed by atoms with Gasteiger partial charge in [-0.1, -0.05) is 51.3 Å². The van der Waals surface area contributed by atoms with E-state index in [2.05, 4.69) is 32.5 Å². The molecule has 0 heterocycles. The second-order valence-corrected chi connectivity index (χ2v) is 11.0. The van der Waals surface area contributed by atoms with Gasteiger partial charge in [0.1, 0.15) is 11.5 Å². The lowest BCUT2D eigenvalue weighted by Gasteiger charge is -2.29. The van der Waals surface area contributed by atoms with Crippen molar-refractivity contribution in [3.8, 4) is 11.5 Å². The lowest BCUT2D eigenvalue weighted by Crippen LogP contribution is -2.17. The molecule has 0 aliphatic heterocycles. The Morgan fingerprint density at radius 1 is 0.968 bits per heavy atom. The van der Waals surface area contributed by atoms with Crippen molar-refractivity contribution in [2.24, 2.45) is 5.92 Å². The van der Waals surface area contributed by atoms with Gasteiger partial charge in [-0.3, -0.25) is 0 Å². The third-order valence-electron chi connectivity index (χ3n) is 6.63. The summed E-state index contributed by atoms with van der Waals surface area (Å²) in [6.45, 7) is 6.60. The predicted octanol–water partition coefficient (Wildman–Crippen LogP) is 6.70. The lowest BCUT2D eigenvalue weighted by atomic mass is 9.77. The Bertz CT molecular complexity index is 792. The van der Waals surface area contributed by atoms with Crippen LogP contribution in [0.2, 0.25) is 6.55 Å². The Morgan fingerprint density at radius 2 is 1.61 bits per heavy atom. The number of esters is 1. The summed E-state index contributed by atoms with van der Waals surface area (Å²) >= 11 is 0. The lowest BCUT2D eigenvalue weighted by molar-refractivity contribution is 0.0734. The van der Waals surface area contributed by atoms with Gasteiger partial charge in [0.15, 0.2) is 0 Å². The largest absolute Gasteiger partial charge is 0.495 e. The zero-order valence-electron chi connectivity index (χ0n) is 19.4. The van der Waals surface area contributed by atoms with E-state index in [0.717, 1.165) is 11.7 Å². The average Bonchev–Trinajstić information content (AvgIpc) is 2.81. The molecule has 1 aliphatic carbocycles. The highest BCUT2D eigenvalue weighted by atomic mass is 28.2. The average molecular weight is 439 g/mol. The minimum Gasteiger partial charge on any atom is -0.495 e. The fourth-order valence-electron chi connectivity index (χ4n) is 4.43. The number of hydrogen-bond donors (Lipinski definition) is 0. The van der Waals surface area contributed by atoms with Crippen LogP contribution in [-0.2, 0) is 0 Å². The number of unbranched alkanes of at least 4 members (excludes halogenated alkanes) is 2. The predicted molar refractivity (Wildman–Crippen MR) is 131 cm³/mol. The van der Waals surface area contributed by atoms with Gasteiger partial charge in [0.25, 0.3) is 0 Å². The second-order valence-electron chi connectivity index (χ2n) is 9.03. The maximum atomic E-state index is 12.5. The minimum atomic E-state index is -0.311. The molecule has 0 saturated heterocycles. The van der Waals surface area contributed by atoms with Crippen LogP contribution in [0.15, 0.2) is 48.5 Å². The number of hydrogen-bond acceptors (Lipinski definition) is 3. The fourth-order valence-corrected chi connectivity index (χ4v) is 4.79. The molecule has 1 atom stereocenters.